The van der Waals surface area contributed by atoms with Crippen molar-refractivity contribution in [3.63, 3.8) is 0 Å². The molecule has 1 saturated carbocycles. The zero-order valence-electron chi connectivity index (χ0n) is 26.1. The number of primary amides is 1. The summed E-state index contributed by atoms with van der Waals surface area (Å²) in [4.78, 5) is 27.2. The van der Waals surface area contributed by atoms with Crippen LogP contribution in [0.15, 0.2) is 18.3 Å². The molecule has 7 nitrogen and oxygen atoms in total. The predicted molar refractivity (Wildman–Crippen MR) is 161 cm³/mol. The fourth-order valence-electron chi connectivity index (χ4n) is 6.02. The third-order valence-electron chi connectivity index (χ3n) is 8.58. The van der Waals surface area contributed by atoms with Gasteiger partial charge in [-0.25, -0.2) is 13.8 Å². The van der Waals surface area contributed by atoms with Gasteiger partial charge >= 0.3 is 0 Å². The number of hydrogen-bond donors (Lipinski definition) is 1. The first-order valence-corrected chi connectivity index (χ1v) is 15.7. The van der Waals surface area contributed by atoms with Crippen molar-refractivity contribution in [2.24, 2.45) is 23.5 Å². The molecule has 2 aliphatic carbocycles. The maximum absolute atomic E-state index is 13.9. The van der Waals surface area contributed by atoms with Gasteiger partial charge < -0.3 is 10.5 Å². The van der Waals surface area contributed by atoms with Gasteiger partial charge in [-0.1, -0.05) is 39.7 Å². The number of nitrogens with two attached hydrogens (primary N) is 1. The number of aromatic nitrogens is 3. The largest absolute Gasteiger partial charge is 0.474 e. The van der Waals surface area contributed by atoms with Crippen molar-refractivity contribution >= 4 is 11.7 Å². The third kappa shape index (κ3) is 9.87. The highest BCUT2D eigenvalue weighted by molar-refractivity contribution is 5.94. The Labute approximate surface area is 250 Å². The smallest absolute Gasteiger partial charge is 0.252 e. The predicted octanol–water partition coefficient (Wildman–Crippen LogP) is 7.27. The van der Waals surface area contributed by atoms with Gasteiger partial charge in [0.1, 0.15) is 11.8 Å². The van der Waals surface area contributed by atoms with E-state index in [1.807, 2.05) is 23.7 Å². The Balaban J connectivity index is 0.000000343. The van der Waals surface area contributed by atoms with Crippen molar-refractivity contribution in [1.29, 1.82) is 0 Å². The second-order valence-corrected chi connectivity index (χ2v) is 12.6. The van der Waals surface area contributed by atoms with Crippen LogP contribution in [0, 0.1) is 24.7 Å². The Bertz CT molecular complexity index is 1170. The van der Waals surface area contributed by atoms with Gasteiger partial charge in [0, 0.05) is 55.2 Å². The fraction of sp³-hybridized carbons (Fsp3) is 0.697. The summed E-state index contributed by atoms with van der Waals surface area (Å²) in [6, 6.07) is 3.91. The number of Topliss-reactive ketones (excluding diaryl/α,β-unsaturated/α-hetero) is 1. The number of ether oxygens (including phenoxy) is 1. The molecule has 0 saturated heterocycles. The average molecular weight is 589 g/mol. The lowest BCUT2D eigenvalue weighted by molar-refractivity contribution is -0.122. The molecule has 0 bridgehead atoms. The maximum atomic E-state index is 13.9. The van der Waals surface area contributed by atoms with E-state index in [0.29, 0.717) is 23.9 Å². The van der Waals surface area contributed by atoms with E-state index in [1.54, 1.807) is 6.20 Å². The molecule has 0 radical (unpaired) electrons. The lowest BCUT2D eigenvalue weighted by Crippen LogP contribution is -2.28. The van der Waals surface area contributed by atoms with Crippen LogP contribution in [0.4, 0.5) is 8.78 Å². The second-order valence-electron chi connectivity index (χ2n) is 12.6. The van der Waals surface area contributed by atoms with E-state index < -0.39 is 5.92 Å². The summed E-state index contributed by atoms with van der Waals surface area (Å²) < 4.78 is 35.6. The van der Waals surface area contributed by atoms with E-state index in [4.69, 9.17) is 10.5 Å². The number of hydrogen-bond acceptors (Lipinski definition) is 5. The Morgan fingerprint density at radius 2 is 1.88 bits per heavy atom. The van der Waals surface area contributed by atoms with Crippen LogP contribution < -0.4 is 10.5 Å². The fourth-order valence-corrected chi connectivity index (χ4v) is 6.02. The van der Waals surface area contributed by atoms with Crippen molar-refractivity contribution < 1.29 is 23.1 Å². The van der Waals surface area contributed by atoms with Crippen LogP contribution in [0.1, 0.15) is 119 Å². The summed E-state index contributed by atoms with van der Waals surface area (Å²) in [5, 5.41) is 4.42. The van der Waals surface area contributed by atoms with Crippen LogP contribution in [-0.2, 0) is 24.2 Å². The Kier molecular flexibility index (Phi) is 12.5. The van der Waals surface area contributed by atoms with Crippen molar-refractivity contribution in [3.05, 3.63) is 40.8 Å². The summed E-state index contributed by atoms with van der Waals surface area (Å²) in [5.41, 5.74) is 7.84. The molecule has 234 valence electrons. The molecule has 1 atom stereocenters. The third-order valence-corrected chi connectivity index (χ3v) is 8.58. The van der Waals surface area contributed by atoms with Crippen molar-refractivity contribution in [3.8, 4) is 5.88 Å². The lowest BCUT2D eigenvalue weighted by Gasteiger charge is -2.29. The monoisotopic (exact) mass is 588 g/mol. The van der Waals surface area contributed by atoms with Gasteiger partial charge in [-0.05, 0) is 76.2 Å². The molecule has 4 rings (SSSR count). The van der Waals surface area contributed by atoms with Crippen LogP contribution in [0.3, 0.4) is 0 Å². The molecule has 2 heterocycles. The number of rotatable bonds is 12. The summed E-state index contributed by atoms with van der Waals surface area (Å²) in [5.74, 6) is -1.04. The van der Waals surface area contributed by atoms with Gasteiger partial charge in [0.25, 0.3) is 5.92 Å². The lowest BCUT2D eigenvalue weighted by atomic mass is 9.85. The number of alkyl halides is 2. The van der Waals surface area contributed by atoms with Gasteiger partial charge in [0.05, 0.1) is 0 Å². The van der Waals surface area contributed by atoms with Gasteiger partial charge in [-0.3, -0.25) is 14.3 Å². The number of carbonyl (C=O) groups excluding carboxylic acids is 2. The quantitative estimate of drug-likeness (QED) is 0.263. The molecule has 2 N–H and O–H groups in total. The van der Waals surface area contributed by atoms with Gasteiger partial charge in [-0.2, -0.15) is 5.10 Å². The highest BCUT2D eigenvalue weighted by Gasteiger charge is 2.38. The van der Waals surface area contributed by atoms with Crippen molar-refractivity contribution in [2.45, 2.75) is 130 Å². The molecule has 2 aromatic rings. The van der Waals surface area contributed by atoms with Crippen LogP contribution in [-0.4, -0.2) is 38.5 Å². The average Bonchev–Trinajstić information content (AvgIpc) is 3.29. The molecule has 2 aliphatic rings. The van der Waals surface area contributed by atoms with E-state index in [1.165, 1.54) is 6.92 Å². The highest BCUT2D eigenvalue weighted by atomic mass is 19.3. The van der Waals surface area contributed by atoms with E-state index in [0.717, 1.165) is 74.9 Å². The molecule has 2 aromatic heterocycles. The zero-order valence-corrected chi connectivity index (χ0v) is 26.1. The minimum Gasteiger partial charge on any atom is -0.474 e. The first-order valence-electron chi connectivity index (χ1n) is 15.7. The molecule has 9 heteroatoms. The number of nitrogens with zero attached hydrogens (tertiary/aromatic N) is 3. The molecule has 42 heavy (non-hydrogen) atoms. The number of ketones is 1. The van der Waals surface area contributed by atoms with Crippen LogP contribution in [0.25, 0.3) is 0 Å². The number of halogens is 2. The van der Waals surface area contributed by atoms with Gasteiger partial charge in [0.15, 0.2) is 5.78 Å². The Hall–Kier alpha value is -2.84. The molecule has 0 aromatic carbocycles. The SMILES string of the molecule is CC(=O)c1nn(CCC2CCC(Oc3ncccc3C)CC2)c2c1CC(F)(F)CC2.CCCC(CCC(C)C)C(N)=O. The summed E-state index contributed by atoms with van der Waals surface area (Å²) >= 11 is 0. The highest BCUT2D eigenvalue weighted by Crippen LogP contribution is 2.36. The first kappa shape index (κ1) is 33.7. The standard InChI is InChI=1S/C23H29F2N3O2.C10H21NO/c1-15-4-3-12-26-22(15)30-18-7-5-17(6-8-18)10-13-28-20-9-11-23(24,25)14-19(20)21(27-28)16(2)29;1-4-5-9(10(11)12)7-6-8(2)3/h3-4,12,17-18H,5-11,13-14H2,1-2H3;8-9H,4-7H2,1-3H3,(H2,11,12). The minimum atomic E-state index is -2.74. The molecular weight excluding hydrogens is 538 g/mol. The Morgan fingerprint density at radius 3 is 2.48 bits per heavy atom. The van der Waals surface area contributed by atoms with Crippen LogP contribution in [0.2, 0.25) is 0 Å². The number of carbonyl (C=O) groups is 2. The topological polar surface area (TPSA) is 100 Å². The summed E-state index contributed by atoms with van der Waals surface area (Å²) in [7, 11) is 0. The molecular formula is C33H50F2N4O3. The van der Waals surface area contributed by atoms with Gasteiger partial charge in [-0.15, -0.1) is 0 Å². The summed E-state index contributed by atoms with van der Waals surface area (Å²) in [6.45, 7) is 10.5. The van der Waals surface area contributed by atoms with E-state index in [9.17, 15) is 18.4 Å². The molecule has 1 amide bonds. The van der Waals surface area contributed by atoms with Gasteiger partial charge in [0.2, 0.25) is 11.8 Å². The van der Waals surface area contributed by atoms with Crippen LogP contribution >= 0.6 is 0 Å². The number of aryl methyl sites for hydroxylation is 2. The summed E-state index contributed by atoms with van der Waals surface area (Å²) in [6.07, 6.45) is 10.8. The molecule has 1 fully saturated rings. The van der Waals surface area contributed by atoms with Crippen molar-refractivity contribution in [1.82, 2.24) is 14.8 Å². The molecule has 0 spiro atoms. The Morgan fingerprint density at radius 1 is 1.17 bits per heavy atom. The number of amides is 1. The molecule has 0 aliphatic heterocycles. The van der Waals surface area contributed by atoms with Crippen molar-refractivity contribution in [2.75, 3.05) is 0 Å². The first-order chi connectivity index (χ1) is 19.9. The maximum Gasteiger partial charge on any atom is 0.252 e. The van der Waals surface area contributed by atoms with E-state index in [-0.39, 0.29) is 48.7 Å². The zero-order chi connectivity index (χ0) is 30.9. The number of pyridine rings is 1. The number of fused-ring (bicyclic) bond motifs is 1. The molecule has 1 unspecified atom stereocenters. The van der Waals surface area contributed by atoms with E-state index >= 15 is 0 Å². The second kappa shape index (κ2) is 15.6. The van der Waals surface area contributed by atoms with E-state index in [2.05, 4.69) is 30.9 Å². The minimum absolute atomic E-state index is 0.109. The van der Waals surface area contributed by atoms with Crippen LogP contribution in [0.5, 0.6) is 5.88 Å². The normalized spacial score (nSPS) is 20.3.